The van der Waals surface area contributed by atoms with E-state index in [0.717, 1.165) is 5.69 Å². The van der Waals surface area contributed by atoms with E-state index in [4.69, 9.17) is 0 Å². The van der Waals surface area contributed by atoms with Crippen molar-refractivity contribution >= 4 is 17.1 Å². The van der Waals surface area contributed by atoms with Gasteiger partial charge in [0.05, 0.1) is 5.69 Å². The molecule has 0 atom stereocenters. The fourth-order valence-electron chi connectivity index (χ4n) is 11.1. The van der Waals surface area contributed by atoms with E-state index < -0.39 is 0 Å². The van der Waals surface area contributed by atoms with Gasteiger partial charge in [0.25, 0.3) is 0 Å². The van der Waals surface area contributed by atoms with Crippen molar-refractivity contribution in [2.24, 2.45) is 0 Å². The van der Waals surface area contributed by atoms with Crippen molar-refractivity contribution in [3.05, 3.63) is 209 Å². The molecule has 0 unspecified atom stereocenters. The summed E-state index contributed by atoms with van der Waals surface area (Å²) in [5.41, 5.74) is 24.2. The molecule has 1 heteroatoms. The van der Waals surface area contributed by atoms with Crippen LogP contribution in [0.4, 0.5) is 17.1 Å². The third-order valence-corrected chi connectivity index (χ3v) is 13.8. The third kappa shape index (κ3) is 4.71. The fourth-order valence-corrected chi connectivity index (χ4v) is 11.1. The number of hydrogen-bond donors (Lipinski definition) is 0. The van der Waals surface area contributed by atoms with Crippen molar-refractivity contribution in [3.63, 3.8) is 0 Å². The molecule has 3 aliphatic rings. The van der Waals surface area contributed by atoms with Gasteiger partial charge in [-0.15, -0.1) is 0 Å². The SMILES string of the molecule is CC1(C)c2ccccc2-c2ccc(N(c3cccc(-c4ccccc4)c3)c3c4c(c(-c5ccccc5)c5c3C(C)(C)c3ccccc3-5)-c3ccccc3C4(C)C)cc21. The molecule has 0 amide bonds. The first kappa shape index (κ1) is 34.8. The molecule has 0 saturated heterocycles. The van der Waals surface area contributed by atoms with Crippen LogP contribution in [0.2, 0.25) is 0 Å². The topological polar surface area (TPSA) is 3.24 Å². The van der Waals surface area contributed by atoms with E-state index in [9.17, 15) is 0 Å². The second-order valence-corrected chi connectivity index (χ2v) is 18.1. The van der Waals surface area contributed by atoms with Gasteiger partial charge in [-0.3, -0.25) is 0 Å². The van der Waals surface area contributed by atoms with Gasteiger partial charge in [-0.1, -0.05) is 193 Å². The van der Waals surface area contributed by atoms with Crippen LogP contribution in [-0.2, 0) is 16.2 Å². The minimum absolute atomic E-state index is 0.147. The Kier molecular flexibility index (Phi) is 7.36. The molecule has 0 N–H and O–H groups in total. The number of benzene rings is 8. The van der Waals surface area contributed by atoms with Gasteiger partial charge in [-0.2, -0.15) is 0 Å². The summed E-state index contributed by atoms with van der Waals surface area (Å²) in [6, 6.07) is 65.9. The van der Waals surface area contributed by atoms with E-state index >= 15 is 0 Å². The van der Waals surface area contributed by atoms with Gasteiger partial charge >= 0.3 is 0 Å². The summed E-state index contributed by atoms with van der Waals surface area (Å²) < 4.78 is 0. The summed E-state index contributed by atoms with van der Waals surface area (Å²) in [4.78, 5) is 2.65. The highest BCUT2D eigenvalue weighted by Gasteiger charge is 2.49. The van der Waals surface area contributed by atoms with Crippen LogP contribution in [0, 0.1) is 0 Å². The van der Waals surface area contributed by atoms with E-state index in [1.807, 2.05) is 0 Å². The minimum atomic E-state index is -0.299. The molecule has 0 aliphatic heterocycles. The lowest BCUT2D eigenvalue weighted by molar-refractivity contribution is 0.640. The van der Waals surface area contributed by atoms with Gasteiger partial charge in [0.1, 0.15) is 0 Å². The fraction of sp³-hybridized carbons (Fsp3) is 0.158. The Morgan fingerprint density at radius 1 is 0.310 bits per heavy atom. The maximum atomic E-state index is 2.65. The zero-order chi connectivity index (χ0) is 39.6. The Hall–Kier alpha value is -6.44. The Morgan fingerprint density at radius 2 is 0.759 bits per heavy atom. The lowest BCUT2D eigenvalue weighted by Crippen LogP contribution is -2.26. The average Bonchev–Trinajstić information content (AvgIpc) is 3.74. The Bertz CT molecular complexity index is 2880. The van der Waals surface area contributed by atoms with Gasteiger partial charge in [0.15, 0.2) is 0 Å². The van der Waals surface area contributed by atoms with Crippen molar-refractivity contribution in [1.29, 1.82) is 0 Å². The third-order valence-electron chi connectivity index (χ3n) is 13.8. The van der Waals surface area contributed by atoms with Crippen LogP contribution in [0.5, 0.6) is 0 Å². The van der Waals surface area contributed by atoms with Crippen LogP contribution in [0.25, 0.3) is 55.6 Å². The molecule has 0 saturated carbocycles. The molecule has 58 heavy (non-hydrogen) atoms. The lowest BCUT2D eigenvalue weighted by Gasteiger charge is -2.38. The average molecular weight is 746 g/mol. The highest BCUT2D eigenvalue weighted by atomic mass is 15.2. The maximum Gasteiger partial charge on any atom is 0.0556 e. The van der Waals surface area contributed by atoms with Crippen molar-refractivity contribution < 1.29 is 0 Å². The molecular formula is C57H47N. The molecule has 1 nitrogen and oxygen atoms in total. The molecule has 0 bridgehead atoms. The van der Waals surface area contributed by atoms with Crippen LogP contribution in [0.15, 0.2) is 176 Å². The lowest BCUT2D eigenvalue weighted by atomic mass is 9.73. The molecule has 8 aromatic carbocycles. The summed E-state index contributed by atoms with van der Waals surface area (Å²) in [7, 11) is 0. The van der Waals surface area contributed by atoms with Crippen LogP contribution in [0.1, 0.15) is 74.9 Å². The van der Waals surface area contributed by atoms with Gasteiger partial charge in [0, 0.05) is 27.6 Å². The van der Waals surface area contributed by atoms with Crippen LogP contribution < -0.4 is 4.90 Å². The Labute approximate surface area is 343 Å². The number of rotatable bonds is 5. The standard InChI is InChI=1S/C57H47N/c1-55(2)45-29-16-13-26-41(45)42-33-32-40(35-48(42)55)58(39-25-19-24-38(34-39)36-20-9-7-10-21-36)54-52-50(43-27-14-17-30-46(43)56(52,3)4)49(37-22-11-8-12-23-37)51-44-28-15-18-31-47(44)57(5,6)53(51)54/h7-35H,1-6H3. The minimum Gasteiger partial charge on any atom is -0.310 e. The zero-order valence-corrected chi connectivity index (χ0v) is 34.2. The van der Waals surface area contributed by atoms with Crippen LogP contribution >= 0.6 is 0 Å². The summed E-state index contributed by atoms with van der Waals surface area (Å²) in [5.74, 6) is 0. The number of hydrogen-bond acceptors (Lipinski definition) is 1. The van der Waals surface area contributed by atoms with E-state index in [-0.39, 0.29) is 16.2 Å². The van der Waals surface area contributed by atoms with Crippen molar-refractivity contribution in [3.8, 4) is 55.6 Å². The van der Waals surface area contributed by atoms with E-state index in [0.29, 0.717) is 0 Å². The number of anilines is 3. The predicted molar refractivity (Wildman–Crippen MR) is 245 cm³/mol. The summed E-state index contributed by atoms with van der Waals surface area (Å²) in [6.07, 6.45) is 0. The molecule has 0 radical (unpaired) electrons. The molecule has 11 rings (SSSR count). The molecule has 3 aliphatic carbocycles. The Balaban J connectivity index is 1.32. The first-order valence-corrected chi connectivity index (χ1v) is 20.8. The molecule has 0 heterocycles. The van der Waals surface area contributed by atoms with Gasteiger partial charge < -0.3 is 4.90 Å². The monoisotopic (exact) mass is 745 g/mol. The molecule has 0 spiro atoms. The second kappa shape index (κ2) is 12.3. The first-order chi connectivity index (χ1) is 28.1. The van der Waals surface area contributed by atoms with Gasteiger partial charge in [0.2, 0.25) is 0 Å². The smallest absolute Gasteiger partial charge is 0.0556 e. The number of fused-ring (bicyclic) bond motifs is 9. The molecular weight excluding hydrogens is 699 g/mol. The predicted octanol–water partition coefficient (Wildman–Crippen LogP) is 15.4. The van der Waals surface area contributed by atoms with Crippen LogP contribution in [0.3, 0.4) is 0 Å². The zero-order valence-electron chi connectivity index (χ0n) is 34.2. The van der Waals surface area contributed by atoms with Crippen molar-refractivity contribution in [2.45, 2.75) is 57.8 Å². The van der Waals surface area contributed by atoms with Gasteiger partial charge in [-0.05, 0) is 113 Å². The first-order valence-electron chi connectivity index (χ1n) is 20.8. The number of nitrogens with zero attached hydrogens (tertiary/aromatic N) is 1. The van der Waals surface area contributed by atoms with Gasteiger partial charge in [-0.25, -0.2) is 0 Å². The summed E-state index contributed by atoms with van der Waals surface area (Å²) >= 11 is 0. The normalized spacial score (nSPS) is 15.5. The maximum absolute atomic E-state index is 2.65. The highest BCUT2D eigenvalue weighted by Crippen LogP contribution is 2.66. The quantitative estimate of drug-likeness (QED) is 0.170. The summed E-state index contributed by atoms with van der Waals surface area (Å²) in [6.45, 7) is 14.6. The van der Waals surface area contributed by atoms with Crippen molar-refractivity contribution in [1.82, 2.24) is 0 Å². The molecule has 0 aromatic heterocycles. The van der Waals surface area contributed by atoms with Crippen molar-refractivity contribution in [2.75, 3.05) is 4.90 Å². The van der Waals surface area contributed by atoms with Crippen LogP contribution in [-0.4, -0.2) is 0 Å². The van der Waals surface area contributed by atoms with E-state index in [1.54, 1.807) is 0 Å². The Morgan fingerprint density at radius 3 is 1.34 bits per heavy atom. The second-order valence-electron chi connectivity index (χ2n) is 18.1. The molecule has 0 fully saturated rings. The summed E-state index contributed by atoms with van der Waals surface area (Å²) in [5, 5.41) is 0. The molecule has 280 valence electrons. The highest BCUT2D eigenvalue weighted by molar-refractivity contribution is 6.10. The van der Waals surface area contributed by atoms with E-state index in [2.05, 4.69) is 222 Å². The van der Waals surface area contributed by atoms with E-state index in [1.165, 1.54) is 100 Å². The molecule has 8 aromatic rings. The largest absolute Gasteiger partial charge is 0.310 e.